The molecule has 0 aliphatic rings. The van der Waals surface area contributed by atoms with Crippen molar-refractivity contribution in [2.24, 2.45) is 0 Å². The first-order valence-electron chi connectivity index (χ1n) is 12.6. The number of carbonyl (C=O) groups is 2. The summed E-state index contributed by atoms with van der Waals surface area (Å²) >= 11 is 0. The van der Waals surface area contributed by atoms with Crippen LogP contribution in [0.5, 0.6) is 0 Å². The van der Waals surface area contributed by atoms with Crippen molar-refractivity contribution in [2.75, 3.05) is 0 Å². The number of carboxylic acid groups (broad SMARTS) is 1. The Hall–Kier alpha value is -1.88. The van der Waals surface area contributed by atoms with Gasteiger partial charge in [-0.05, 0) is 24.8 Å². The molecule has 1 rings (SSSR count). The number of hydrogen-bond acceptors (Lipinski definition) is 4. The van der Waals surface area contributed by atoms with Gasteiger partial charge < -0.3 is 14.6 Å². The highest BCUT2D eigenvalue weighted by atomic mass is 16.7. The number of ether oxygens (including phenoxy) is 2. The van der Waals surface area contributed by atoms with Crippen LogP contribution in [0.1, 0.15) is 116 Å². The SMILES string of the molecule is CCCCCCCCCCCCC(CCCCC(=O)O)(OCc1ccccc1)OC(C)=O. The zero-order valence-electron chi connectivity index (χ0n) is 20.3. The Morgan fingerprint density at radius 3 is 1.88 bits per heavy atom. The van der Waals surface area contributed by atoms with Crippen LogP contribution in [0.4, 0.5) is 0 Å². The van der Waals surface area contributed by atoms with Crippen molar-refractivity contribution in [1.82, 2.24) is 0 Å². The monoisotopic (exact) mass is 448 g/mol. The molecule has 0 aromatic heterocycles. The summed E-state index contributed by atoms with van der Waals surface area (Å²) in [6, 6.07) is 9.86. The van der Waals surface area contributed by atoms with E-state index in [0.29, 0.717) is 32.3 Å². The first kappa shape index (κ1) is 28.2. The van der Waals surface area contributed by atoms with E-state index >= 15 is 0 Å². The minimum Gasteiger partial charge on any atom is -0.481 e. The molecule has 5 heteroatoms. The molecule has 1 N–H and O–H groups in total. The van der Waals surface area contributed by atoms with E-state index in [1.165, 1.54) is 58.3 Å². The fourth-order valence-electron chi connectivity index (χ4n) is 4.00. The van der Waals surface area contributed by atoms with Gasteiger partial charge in [-0.1, -0.05) is 95.0 Å². The van der Waals surface area contributed by atoms with Crippen LogP contribution in [0.2, 0.25) is 0 Å². The quantitative estimate of drug-likeness (QED) is 0.128. The second kappa shape index (κ2) is 17.6. The van der Waals surface area contributed by atoms with Gasteiger partial charge in [-0.2, -0.15) is 0 Å². The molecule has 0 radical (unpaired) electrons. The Balaban J connectivity index is 2.55. The number of esters is 1. The molecule has 1 aromatic rings. The summed E-state index contributed by atoms with van der Waals surface area (Å²) in [6.07, 6.45) is 14.8. The Morgan fingerprint density at radius 1 is 0.812 bits per heavy atom. The van der Waals surface area contributed by atoms with Crippen LogP contribution < -0.4 is 0 Å². The van der Waals surface area contributed by atoms with Crippen molar-refractivity contribution in [1.29, 1.82) is 0 Å². The van der Waals surface area contributed by atoms with Crippen LogP contribution in [-0.4, -0.2) is 22.8 Å². The Labute approximate surface area is 194 Å². The third kappa shape index (κ3) is 14.2. The zero-order chi connectivity index (χ0) is 23.5. The summed E-state index contributed by atoms with van der Waals surface area (Å²) in [4.78, 5) is 22.8. The molecule has 5 nitrogen and oxygen atoms in total. The van der Waals surface area contributed by atoms with Crippen molar-refractivity contribution < 1.29 is 24.2 Å². The Bertz CT molecular complexity index is 616. The second-order valence-corrected chi connectivity index (χ2v) is 8.81. The van der Waals surface area contributed by atoms with Gasteiger partial charge in [0.2, 0.25) is 5.79 Å². The van der Waals surface area contributed by atoms with Crippen molar-refractivity contribution in [3.63, 3.8) is 0 Å². The molecule has 1 unspecified atom stereocenters. The number of hydrogen-bond donors (Lipinski definition) is 1. The highest BCUT2D eigenvalue weighted by Crippen LogP contribution is 2.30. The second-order valence-electron chi connectivity index (χ2n) is 8.81. The van der Waals surface area contributed by atoms with Crippen molar-refractivity contribution in [2.45, 2.75) is 123 Å². The average Bonchev–Trinajstić information content (AvgIpc) is 2.77. The number of benzene rings is 1. The molecule has 1 aromatic carbocycles. The number of rotatable bonds is 20. The fourth-order valence-corrected chi connectivity index (χ4v) is 4.00. The van der Waals surface area contributed by atoms with Crippen molar-refractivity contribution in [3.05, 3.63) is 35.9 Å². The van der Waals surface area contributed by atoms with Gasteiger partial charge in [-0.25, -0.2) is 0 Å². The summed E-state index contributed by atoms with van der Waals surface area (Å²) in [7, 11) is 0. The smallest absolute Gasteiger partial charge is 0.305 e. The highest BCUT2D eigenvalue weighted by Gasteiger charge is 2.34. The molecule has 0 saturated heterocycles. The van der Waals surface area contributed by atoms with Crippen molar-refractivity contribution in [3.8, 4) is 0 Å². The fraction of sp³-hybridized carbons (Fsp3) is 0.704. The minimum atomic E-state index is -0.986. The van der Waals surface area contributed by atoms with E-state index in [1.807, 2.05) is 30.3 Å². The molecule has 182 valence electrons. The minimum absolute atomic E-state index is 0.118. The number of carboxylic acids is 1. The molecule has 32 heavy (non-hydrogen) atoms. The molecule has 0 spiro atoms. The molecule has 0 amide bonds. The molecule has 0 saturated carbocycles. The maximum absolute atomic E-state index is 11.9. The van der Waals surface area contributed by atoms with E-state index in [4.69, 9.17) is 14.6 Å². The third-order valence-corrected chi connectivity index (χ3v) is 5.78. The molecular weight excluding hydrogens is 404 g/mol. The maximum atomic E-state index is 11.9. The third-order valence-electron chi connectivity index (χ3n) is 5.78. The van der Waals surface area contributed by atoms with E-state index < -0.39 is 11.8 Å². The normalized spacial score (nSPS) is 12.9. The number of carbonyl (C=O) groups excluding carboxylic acids is 1. The van der Waals surface area contributed by atoms with Gasteiger partial charge in [0.1, 0.15) is 0 Å². The summed E-state index contributed by atoms with van der Waals surface area (Å²) in [5, 5.41) is 8.93. The summed E-state index contributed by atoms with van der Waals surface area (Å²) in [5.41, 5.74) is 1.03. The predicted octanol–water partition coefficient (Wildman–Crippen LogP) is 7.42. The Morgan fingerprint density at radius 2 is 1.34 bits per heavy atom. The van der Waals surface area contributed by atoms with Gasteiger partial charge in [-0.3, -0.25) is 9.59 Å². The van der Waals surface area contributed by atoms with Gasteiger partial charge in [-0.15, -0.1) is 0 Å². The first-order chi connectivity index (χ1) is 15.5. The Kier molecular flexibility index (Phi) is 15.5. The highest BCUT2D eigenvalue weighted by molar-refractivity contribution is 5.66. The van der Waals surface area contributed by atoms with E-state index in [1.54, 1.807) is 0 Å². The topological polar surface area (TPSA) is 72.8 Å². The van der Waals surface area contributed by atoms with E-state index in [9.17, 15) is 9.59 Å². The lowest BCUT2D eigenvalue weighted by Gasteiger charge is -2.33. The maximum Gasteiger partial charge on any atom is 0.305 e. The van der Waals surface area contributed by atoms with Crippen LogP contribution >= 0.6 is 0 Å². The van der Waals surface area contributed by atoms with E-state index in [2.05, 4.69) is 6.92 Å². The molecule has 0 bridgehead atoms. The predicted molar refractivity (Wildman–Crippen MR) is 128 cm³/mol. The summed E-state index contributed by atoms with van der Waals surface area (Å²) < 4.78 is 12.0. The zero-order valence-corrected chi connectivity index (χ0v) is 20.3. The van der Waals surface area contributed by atoms with Crippen LogP contribution in [0, 0.1) is 0 Å². The summed E-state index contributed by atoms with van der Waals surface area (Å²) in [6.45, 7) is 4.02. The van der Waals surface area contributed by atoms with Crippen LogP contribution in [0.25, 0.3) is 0 Å². The lowest BCUT2D eigenvalue weighted by molar-refractivity contribution is -0.243. The van der Waals surface area contributed by atoms with Crippen LogP contribution in [0.15, 0.2) is 30.3 Å². The van der Waals surface area contributed by atoms with Gasteiger partial charge >= 0.3 is 11.9 Å². The standard InChI is InChI=1S/C27H44O5/c1-3-4-5-6-7-8-9-10-11-16-21-27(32-24(2)28,22-17-15-20-26(29)30)31-23-25-18-13-12-14-19-25/h12-14,18-19H,3-11,15-17,20-23H2,1-2H3,(H,29,30). The lowest BCUT2D eigenvalue weighted by Crippen LogP contribution is -2.38. The van der Waals surface area contributed by atoms with Crippen molar-refractivity contribution >= 4 is 11.9 Å². The van der Waals surface area contributed by atoms with Gasteiger partial charge in [0.05, 0.1) is 6.61 Å². The molecule has 0 fully saturated rings. The van der Waals surface area contributed by atoms with Crippen LogP contribution in [-0.2, 0) is 25.7 Å². The molecule has 1 atom stereocenters. The first-order valence-corrected chi connectivity index (χ1v) is 12.6. The lowest BCUT2D eigenvalue weighted by atomic mass is 9.99. The molecule has 0 heterocycles. The number of aliphatic carboxylic acids is 1. The number of unbranched alkanes of at least 4 members (excludes halogenated alkanes) is 10. The van der Waals surface area contributed by atoms with E-state index in [0.717, 1.165) is 18.4 Å². The van der Waals surface area contributed by atoms with Crippen LogP contribution in [0.3, 0.4) is 0 Å². The molecule has 0 aliphatic heterocycles. The van der Waals surface area contributed by atoms with E-state index in [-0.39, 0.29) is 12.4 Å². The summed E-state index contributed by atoms with van der Waals surface area (Å²) in [5.74, 6) is -2.15. The largest absolute Gasteiger partial charge is 0.481 e. The molecule has 0 aliphatic carbocycles. The van der Waals surface area contributed by atoms with Gasteiger partial charge in [0, 0.05) is 26.2 Å². The van der Waals surface area contributed by atoms with Gasteiger partial charge in [0.25, 0.3) is 0 Å². The average molecular weight is 449 g/mol. The molecular formula is C27H44O5. The van der Waals surface area contributed by atoms with Gasteiger partial charge in [0.15, 0.2) is 0 Å².